The Kier molecular flexibility index (Phi) is 13.4. The average Bonchev–Trinajstić information content (AvgIpc) is 3.66. The van der Waals surface area contributed by atoms with Crippen LogP contribution in [0.25, 0.3) is 11.3 Å². The van der Waals surface area contributed by atoms with Crippen LogP contribution in [0.4, 0.5) is 46.5 Å². The van der Waals surface area contributed by atoms with Crippen LogP contribution in [-0.4, -0.2) is 82.6 Å². The molecule has 3 amide bonds. The number of carbonyl (C=O) groups is 3. The molecule has 61 heavy (non-hydrogen) atoms. The zero-order valence-electron chi connectivity index (χ0n) is 33.9. The van der Waals surface area contributed by atoms with E-state index in [-0.39, 0.29) is 23.2 Å². The Morgan fingerprint density at radius 1 is 1.07 bits per heavy atom. The van der Waals surface area contributed by atoms with Crippen LogP contribution in [0.5, 0.6) is 5.75 Å². The summed E-state index contributed by atoms with van der Waals surface area (Å²) in [5.41, 5.74) is -6.85. The van der Waals surface area contributed by atoms with Crippen LogP contribution in [0.1, 0.15) is 71.9 Å². The normalized spacial score (nSPS) is 17.5. The van der Waals surface area contributed by atoms with Crippen molar-refractivity contribution in [2.24, 2.45) is 5.41 Å². The third-order valence-electron chi connectivity index (χ3n) is 10.3. The van der Waals surface area contributed by atoms with Crippen molar-refractivity contribution in [1.29, 1.82) is 5.26 Å². The van der Waals surface area contributed by atoms with Crippen LogP contribution >= 0.6 is 12.2 Å². The van der Waals surface area contributed by atoms with Crippen LogP contribution in [0.3, 0.4) is 0 Å². The summed E-state index contributed by atoms with van der Waals surface area (Å²) in [6, 6.07) is 5.84. The summed E-state index contributed by atoms with van der Waals surface area (Å²) in [6.45, 7) is 7.83. The zero-order valence-corrected chi connectivity index (χ0v) is 34.7. The van der Waals surface area contributed by atoms with Gasteiger partial charge in [0.25, 0.3) is 11.8 Å². The first kappa shape index (κ1) is 46.6. The highest BCUT2D eigenvalue weighted by Gasteiger charge is 2.52. The number of aromatic nitrogens is 1. The van der Waals surface area contributed by atoms with Crippen LogP contribution in [0, 0.1) is 34.2 Å². The Balaban J connectivity index is 1.20. The largest absolute Gasteiger partial charge is 0.490 e. The van der Waals surface area contributed by atoms with Gasteiger partial charge in [-0.15, -0.1) is 0 Å². The van der Waals surface area contributed by atoms with Crippen LogP contribution in [0.2, 0.25) is 0 Å². The molecule has 3 aromatic rings. The summed E-state index contributed by atoms with van der Waals surface area (Å²) in [7, 11) is 0. The molecule has 0 saturated carbocycles. The van der Waals surface area contributed by atoms with E-state index in [1.54, 1.807) is 25.7 Å². The van der Waals surface area contributed by atoms with E-state index < -0.39 is 118 Å². The van der Waals surface area contributed by atoms with Gasteiger partial charge in [0, 0.05) is 30.6 Å². The summed E-state index contributed by atoms with van der Waals surface area (Å²) in [6.07, 6.45) is -3.50. The molecular formula is C41H42F8N6O5S. The van der Waals surface area contributed by atoms with Gasteiger partial charge >= 0.3 is 6.18 Å². The predicted molar refractivity (Wildman–Crippen MR) is 210 cm³/mol. The van der Waals surface area contributed by atoms with E-state index in [4.69, 9.17) is 27.0 Å². The summed E-state index contributed by atoms with van der Waals surface area (Å²) >= 11 is 5.37. The van der Waals surface area contributed by atoms with Crippen LogP contribution in [0.15, 0.2) is 42.6 Å². The fourth-order valence-corrected chi connectivity index (χ4v) is 7.54. The van der Waals surface area contributed by atoms with E-state index in [1.807, 2.05) is 6.92 Å². The smallest absolute Gasteiger partial charge is 0.420 e. The number of nitriles is 1. The number of amides is 3. The first-order valence-corrected chi connectivity index (χ1v) is 19.3. The molecular weight excluding hydrogens is 841 g/mol. The maximum atomic E-state index is 15.6. The highest BCUT2D eigenvalue weighted by atomic mass is 32.1. The van der Waals surface area contributed by atoms with Crippen molar-refractivity contribution in [2.45, 2.75) is 90.5 Å². The second-order valence-corrected chi connectivity index (χ2v) is 16.6. The standard InChI is InChI=1S/C41H42F8N6O5S/c1-22-8-7-14-53(22)35(57)34(38(2,3)4)52-30(56)20-59-21-40(45,46)13-15-60-29-12-10-23(16-26(29)42)33-27(43)17-25(19-51-33)55-37(61)54(36(58)39(55,5)6)28-11-9-24(18-50)31(32(28)44)41(47,48)49/h9-12,16-17,19,22,34H,7-8,13-15,20-21H2,1-6H3,(H,52,56). The quantitative estimate of drug-likeness (QED) is 0.135. The number of nitrogens with zero attached hydrogens (tertiary/aromatic N) is 5. The number of thiocarbonyl (C=S) groups is 1. The fourth-order valence-electron chi connectivity index (χ4n) is 7.03. The molecule has 328 valence electrons. The molecule has 2 aliphatic rings. The predicted octanol–water partition coefficient (Wildman–Crippen LogP) is 7.94. The lowest BCUT2D eigenvalue weighted by Gasteiger charge is -2.35. The Morgan fingerprint density at radius 2 is 1.75 bits per heavy atom. The number of likely N-dealkylation sites (tertiary alicyclic amines) is 1. The Bertz CT molecular complexity index is 2260. The fraction of sp³-hybridized carbons (Fsp3) is 0.463. The highest BCUT2D eigenvalue weighted by molar-refractivity contribution is 7.81. The Labute approximate surface area is 351 Å². The zero-order chi connectivity index (χ0) is 45.4. The molecule has 5 rings (SSSR count). The summed E-state index contributed by atoms with van der Waals surface area (Å²) in [5.74, 6) is -9.96. The van der Waals surface area contributed by atoms with Gasteiger partial charge in [0.1, 0.15) is 36.1 Å². The molecule has 20 heteroatoms. The molecule has 0 aliphatic carbocycles. The van der Waals surface area contributed by atoms with Crippen LogP contribution < -0.4 is 19.9 Å². The minimum atomic E-state index is -5.29. The van der Waals surface area contributed by atoms with Gasteiger partial charge in [-0.2, -0.15) is 18.4 Å². The summed E-state index contributed by atoms with van der Waals surface area (Å²) in [5, 5.41) is 11.2. The maximum Gasteiger partial charge on any atom is 0.420 e. The number of pyridine rings is 1. The summed E-state index contributed by atoms with van der Waals surface area (Å²) < 4.78 is 127. The number of ether oxygens (including phenoxy) is 2. The molecule has 2 fully saturated rings. The third kappa shape index (κ3) is 9.88. The van der Waals surface area contributed by atoms with Gasteiger partial charge in [-0.3, -0.25) is 24.3 Å². The van der Waals surface area contributed by atoms with E-state index >= 15 is 13.2 Å². The molecule has 2 aliphatic heterocycles. The summed E-state index contributed by atoms with van der Waals surface area (Å²) in [4.78, 5) is 46.5. The number of hydrogen-bond donors (Lipinski definition) is 1. The molecule has 11 nitrogen and oxygen atoms in total. The topological polar surface area (TPSA) is 128 Å². The number of hydrogen-bond acceptors (Lipinski definition) is 8. The van der Waals surface area contributed by atoms with E-state index in [2.05, 4.69) is 10.3 Å². The van der Waals surface area contributed by atoms with Gasteiger partial charge in [0.2, 0.25) is 11.8 Å². The van der Waals surface area contributed by atoms with E-state index in [9.17, 15) is 36.3 Å². The van der Waals surface area contributed by atoms with Crippen molar-refractivity contribution in [2.75, 3.05) is 36.2 Å². The molecule has 0 radical (unpaired) electrons. The molecule has 2 atom stereocenters. The number of anilines is 2. The lowest BCUT2D eigenvalue weighted by molar-refractivity contribution is -0.143. The first-order valence-electron chi connectivity index (χ1n) is 18.9. The SMILES string of the molecule is CC1CCCN1C(=O)C(NC(=O)COCC(F)(F)CCOc1ccc(-c2ncc(N3C(=S)N(c4ccc(C#N)c(C(F)(F)F)c4F)C(=O)C3(C)C)cc2F)cc1F)C(C)(C)C. The van der Waals surface area contributed by atoms with E-state index in [0.29, 0.717) is 17.5 Å². The average molecular weight is 883 g/mol. The Morgan fingerprint density at radius 3 is 2.33 bits per heavy atom. The molecule has 3 heterocycles. The van der Waals surface area contributed by atoms with Gasteiger partial charge in [-0.05, 0) is 81.6 Å². The maximum absolute atomic E-state index is 15.6. The number of rotatable bonds is 13. The molecule has 2 unspecified atom stereocenters. The number of alkyl halides is 5. The molecule has 0 bridgehead atoms. The third-order valence-corrected chi connectivity index (χ3v) is 10.6. The van der Waals surface area contributed by atoms with E-state index in [0.717, 1.165) is 48.2 Å². The van der Waals surface area contributed by atoms with Crippen molar-refractivity contribution < 1.29 is 59.0 Å². The molecule has 2 aromatic carbocycles. The van der Waals surface area contributed by atoms with Gasteiger partial charge < -0.3 is 24.6 Å². The number of carbonyl (C=O) groups excluding carboxylic acids is 3. The van der Waals surface area contributed by atoms with Gasteiger partial charge in [-0.25, -0.2) is 22.0 Å². The monoisotopic (exact) mass is 882 g/mol. The Hall–Kier alpha value is -5.42. The first-order chi connectivity index (χ1) is 28.3. The van der Waals surface area contributed by atoms with E-state index in [1.165, 1.54) is 26.0 Å². The van der Waals surface area contributed by atoms with Crippen molar-refractivity contribution in [3.63, 3.8) is 0 Å². The van der Waals surface area contributed by atoms with Crippen molar-refractivity contribution in [3.05, 3.63) is 71.2 Å². The lowest BCUT2D eigenvalue weighted by Crippen LogP contribution is -2.56. The van der Waals surface area contributed by atoms with Gasteiger partial charge in [-0.1, -0.05) is 20.8 Å². The van der Waals surface area contributed by atoms with Gasteiger partial charge in [0.05, 0.1) is 35.8 Å². The minimum Gasteiger partial charge on any atom is -0.490 e. The van der Waals surface area contributed by atoms with Gasteiger partial charge in [0.15, 0.2) is 28.3 Å². The number of halogens is 8. The molecule has 1 N–H and O–H groups in total. The highest BCUT2D eigenvalue weighted by Crippen LogP contribution is 2.42. The minimum absolute atomic E-state index is 0.0142. The van der Waals surface area contributed by atoms with Crippen molar-refractivity contribution in [1.82, 2.24) is 15.2 Å². The van der Waals surface area contributed by atoms with Crippen molar-refractivity contribution >= 4 is 46.4 Å². The van der Waals surface area contributed by atoms with Crippen molar-refractivity contribution in [3.8, 4) is 23.1 Å². The molecule has 2 saturated heterocycles. The lowest BCUT2D eigenvalue weighted by atomic mass is 9.85. The number of nitrogens with one attached hydrogen (secondary N) is 1. The second-order valence-electron chi connectivity index (χ2n) is 16.3. The second kappa shape index (κ2) is 17.5. The van der Waals surface area contributed by atoms with Crippen LogP contribution in [-0.2, 0) is 25.3 Å². The molecule has 0 spiro atoms. The molecule has 1 aromatic heterocycles. The number of benzene rings is 2.